The number of nitrogens with zero attached hydrogens (tertiary/aromatic N) is 2. The molecule has 2 aromatic heterocycles. The van der Waals surface area contributed by atoms with E-state index in [1.54, 1.807) is 12.1 Å². The second-order valence-corrected chi connectivity index (χ2v) is 8.80. The summed E-state index contributed by atoms with van der Waals surface area (Å²) in [4.78, 5) is 25.9. The van der Waals surface area contributed by atoms with Gasteiger partial charge >= 0.3 is 11.3 Å². The van der Waals surface area contributed by atoms with E-state index < -0.39 is 11.3 Å². The molecule has 8 nitrogen and oxygen atoms in total. The summed E-state index contributed by atoms with van der Waals surface area (Å²) in [7, 11) is 0. The van der Waals surface area contributed by atoms with Gasteiger partial charge in [-0.2, -0.15) is 0 Å². The molecular formula is C25H21ClN2O6. The summed E-state index contributed by atoms with van der Waals surface area (Å²) in [5.74, 6) is 1.63. The zero-order valence-corrected chi connectivity index (χ0v) is 19.0. The van der Waals surface area contributed by atoms with Crippen LogP contribution in [-0.4, -0.2) is 42.3 Å². The topological polar surface area (TPSA) is 86.5 Å². The zero-order chi connectivity index (χ0) is 23.2. The summed E-state index contributed by atoms with van der Waals surface area (Å²) in [6.45, 7) is 3.54. The Kier molecular flexibility index (Phi) is 5.19. The van der Waals surface area contributed by atoms with E-state index in [0.29, 0.717) is 30.2 Å². The van der Waals surface area contributed by atoms with E-state index in [-0.39, 0.29) is 5.71 Å². The lowest BCUT2D eigenvalue weighted by Gasteiger charge is -2.28. The van der Waals surface area contributed by atoms with Crippen LogP contribution in [0.25, 0.3) is 22.2 Å². The summed E-state index contributed by atoms with van der Waals surface area (Å²) >= 11 is 6.15. The largest absolute Gasteiger partial charge is 0.486 e. The third kappa shape index (κ3) is 3.59. The van der Waals surface area contributed by atoms with Crippen molar-refractivity contribution >= 4 is 33.8 Å². The molecule has 2 aliphatic rings. The van der Waals surface area contributed by atoms with Crippen LogP contribution in [0.1, 0.15) is 17.5 Å². The summed E-state index contributed by atoms with van der Waals surface area (Å²) in [6, 6.07) is 11.3. The molecule has 0 saturated heterocycles. The van der Waals surface area contributed by atoms with E-state index in [4.69, 9.17) is 30.0 Å². The van der Waals surface area contributed by atoms with Crippen molar-refractivity contribution in [2.24, 2.45) is 0 Å². The maximum atomic E-state index is 11.9. The molecule has 174 valence electrons. The van der Waals surface area contributed by atoms with Crippen molar-refractivity contribution in [1.82, 2.24) is 9.47 Å². The van der Waals surface area contributed by atoms with Crippen molar-refractivity contribution in [3.05, 3.63) is 79.5 Å². The van der Waals surface area contributed by atoms with Crippen LogP contribution in [-0.2, 0) is 6.42 Å². The molecule has 0 unspecified atom stereocenters. The van der Waals surface area contributed by atoms with Gasteiger partial charge in [-0.1, -0.05) is 35.9 Å². The van der Waals surface area contributed by atoms with Crippen LogP contribution in [0.15, 0.2) is 61.0 Å². The van der Waals surface area contributed by atoms with Gasteiger partial charge in [0, 0.05) is 41.2 Å². The molecule has 0 N–H and O–H groups in total. The predicted molar refractivity (Wildman–Crippen MR) is 127 cm³/mol. The molecule has 0 aliphatic carbocycles. The highest BCUT2D eigenvalue weighted by atomic mass is 35.5. The van der Waals surface area contributed by atoms with Gasteiger partial charge in [0.2, 0.25) is 5.71 Å². The maximum absolute atomic E-state index is 11.9. The Bertz CT molecular complexity index is 1560. The third-order valence-corrected chi connectivity index (χ3v) is 6.60. The lowest BCUT2D eigenvalue weighted by Crippen LogP contribution is -2.30. The zero-order valence-electron chi connectivity index (χ0n) is 18.2. The van der Waals surface area contributed by atoms with E-state index in [9.17, 15) is 9.59 Å². The van der Waals surface area contributed by atoms with Gasteiger partial charge in [0.25, 0.3) is 0 Å². The summed E-state index contributed by atoms with van der Waals surface area (Å²) in [5, 5.41) is 1.33. The minimum absolute atomic E-state index is 0.239. The van der Waals surface area contributed by atoms with Gasteiger partial charge in [0.15, 0.2) is 11.5 Å². The Morgan fingerprint density at radius 3 is 2.76 bits per heavy atom. The van der Waals surface area contributed by atoms with Crippen LogP contribution >= 0.6 is 11.6 Å². The molecule has 0 amide bonds. The first kappa shape index (κ1) is 21.1. The Balaban J connectivity index is 1.26. The molecule has 4 aromatic rings. The van der Waals surface area contributed by atoms with Crippen LogP contribution in [0.2, 0.25) is 5.02 Å². The summed E-state index contributed by atoms with van der Waals surface area (Å²) in [6.07, 6.45) is 3.73. The predicted octanol–water partition coefficient (Wildman–Crippen LogP) is 3.76. The molecule has 0 spiro atoms. The molecule has 6 rings (SSSR count). The average molecular weight is 481 g/mol. The molecule has 9 heteroatoms. The van der Waals surface area contributed by atoms with E-state index in [1.807, 2.05) is 18.2 Å². The van der Waals surface area contributed by atoms with Gasteiger partial charge in [-0.05, 0) is 36.6 Å². The number of halogens is 1. The normalized spacial score (nSPS) is 16.2. The smallest absolute Gasteiger partial charge is 0.442 e. The van der Waals surface area contributed by atoms with E-state index >= 15 is 0 Å². The number of fused-ring (bicyclic) bond motifs is 4. The van der Waals surface area contributed by atoms with Crippen molar-refractivity contribution in [2.75, 3.05) is 32.8 Å². The lowest BCUT2D eigenvalue weighted by atomic mass is 9.97. The average Bonchev–Trinajstić information content (AvgIpc) is 3.14. The van der Waals surface area contributed by atoms with Gasteiger partial charge in [-0.25, -0.2) is 9.59 Å². The molecule has 0 fully saturated rings. The first-order chi connectivity index (χ1) is 16.6. The Morgan fingerprint density at radius 1 is 1.03 bits per heavy atom. The fraction of sp³-hybridized carbons (Fsp3) is 0.280. The van der Waals surface area contributed by atoms with Crippen LogP contribution in [0.5, 0.6) is 11.5 Å². The molecule has 0 bridgehead atoms. The minimum Gasteiger partial charge on any atom is -0.486 e. The third-order valence-electron chi connectivity index (χ3n) is 6.36. The van der Waals surface area contributed by atoms with Crippen LogP contribution < -0.4 is 20.7 Å². The number of hydrogen-bond donors (Lipinski definition) is 0. The van der Waals surface area contributed by atoms with Crippen LogP contribution in [0.3, 0.4) is 0 Å². The van der Waals surface area contributed by atoms with E-state index in [1.165, 1.54) is 10.1 Å². The number of hydrogen-bond acceptors (Lipinski definition) is 7. The van der Waals surface area contributed by atoms with Gasteiger partial charge < -0.3 is 18.4 Å². The monoisotopic (exact) mass is 480 g/mol. The highest BCUT2D eigenvalue weighted by Crippen LogP contribution is 2.39. The summed E-state index contributed by atoms with van der Waals surface area (Å²) < 4.78 is 23.4. The van der Waals surface area contributed by atoms with Crippen molar-refractivity contribution in [3.63, 3.8) is 0 Å². The number of para-hydroxylation sites is 1. The molecule has 2 aromatic carbocycles. The van der Waals surface area contributed by atoms with Crippen LogP contribution in [0, 0.1) is 0 Å². The van der Waals surface area contributed by atoms with Gasteiger partial charge in [-0.3, -0.25) is 4.90 Å². The van der Waals surface area contributed by atoms with Crippen molar-refractivity contribution in [2.45, 2.75) is 12.8 Å². The minimum atomic E-state index is -1.05. The number of aromatic nitrogens is 1. The Morgan fingerprint density at radius 2 is 1.91 bits per heavy atom. The van der Waals surface area contributed by atoms with E-state index in [2.05, 4.69) is 17.0 Å². The van der Waals surface area contributed by atoms with Crippen molar-refractivity contribution < 1.29 is 18.4 Å². The maximum Gasteiger partial charge on any atom is 0.442 e. The number of rotatable bonds is 4. The van der Waals surface area contributed by atoms with Crippen molar-refractivity contribution in [1.29, 1.82) is 0 Å². The lowest BCUT2D eigenvalue weighted by molar-refractivity contribution is 0.171. The highest BCUT2D eigenvalue weighted by Gasteiger charge is 2.22. The van der Waals surface area contributed by atoms with Gasteiger partial charge in [-0.15, -0.1) is 4.57 Å². The van der Waals surface area contributed by atoms with Gasteiger partial charge in [0.05, 0.1) is 5.52 Å². The standard InChI is InChI=1S/C25H21ClN2O6/c26-16-4-5-18-19(23-28(20(18)14-16)34-25(30)24(29)33-23)8-11-27-9-6-15(7-10-27)17-2-1-3-21-22(17)32-13-12-31-21/h1-6,14H,7-13H2. The molecule has 4 heterocycles. The summed E-state index contributed by atoms with van der Waals surface area (Å²) in [5.41, 5.74) is 1.91. The number of benzene rings is 2. The SMILES string of the molecule is O=c1oc2c(CCN3CC=C(c4cccc5c4OCCO5)CC3)c3ccc(Cl)cc3n2oc1=O. The fourth-order valence-electron chi connectivity index (χ4n) is 4.72. The van der Waals surface area contributed by atoms with Gasteiger partial charge in [0.1, 0.15) is 13.2 Å². The van der Waals surface area contributed by atoms with Crippen molar-refractivity contribution in [3.8, 4) is 11.5 Å². The van der Waals surface area contributed by atoms with Crippen LogP contribution in [0.4, 0.5) is 0 Å². The second kappa shape index (κ2) is 8.38. The Hall–Kier alpha value is -3.49. The first-order valence-electron chi connectivity index (χ1n) is 11.2. The molecular weight excluding hydrogens is 460 g/mol. The molecule has 0 saturated carbocycles. The Labute approximate surface area is 198 Å². The fourth-order valence-corrected chi connectivity index (χ4v) is 4.88. The molecule has 2 aliphatic heterocycles. The van der Waals surface area contributed by atoms with E-state index in [0.717, 1.165) is 54.1 Å². The molecule has 0 atom stereocenters. The highest BCUT2D eigenvalue weighted by molar-refractivity contribution is 6.31. The first-order valence-corrected chi connectivity index (χ1v) is 11.5. The number of ether oxygens (including phenoxy) is 2. The second-order valence-electron chi connectivity index (χ2n) is 8.37. The quantitative estimate of drug-likeness (QED) is 0.411. The molecule has 34 heavy (non-hydrogen) atoms. The molecule has 0 radical (unpaired) electrons.